The van der Waals surface area contributed by atoms with Crippen LogP contribution >= 0.6 is 11.6 Å². The highest BCUT2D eigenvalue weighted by molar-refractivity contribution is 6.21. The van der Waals surface area contributed by atoms with E-state index < -0.39 is 0 Å². The quantitative estimate of drug-likeness (QED) is 0.536. The van der Waals surface area contributed by atoms with E-state index in [0.29, 0.717) is 5.38 Å². The van der Waals surface area contributed by atoms with Crippen molar-refractivity contribution in [1.29, 1.82) is 0 Å². The van der Waals surface area contributed by atoms with Crippen LogP contribution in [-0.2, 0) is 0 Å². The zero-order chi connectivity index (χ0) is 6.85. The van der Waals surface area contributed by atoms with Crippen LogP contribution in [0.2, 0.25) is 0 Å². The van der Waals surface area contributed by atoms with Crippen molar-refractivity contribution in [1.82, 2.24) is 4.90 Å². The van der Waals surface area contributed by atoms with E-state index in [9.17, 15) is 0 Å². The van der Waals surface area contributed by atoms with Gasteiger partial charge in [-0.1, -0.05) is 0 Å². The Labute approximate surface area is 62.0 Å². The van der Waals surface area contributed by atoms with E-state index in [4.69, 9.17) is 11.6 Å². The molecule has 0 spiro atoms. The molecule has 0 atom stereocenters. The van der Waals surface area contributed by atoms with Crippen LogP contribution in [0.3, 0.4) is 0 Å². The first-order valence-electron chi connectivity index (χ1n) is 3.47. The third kappa shape index (κ3) is 2.15. The molecule has 1 aliphatic carbocycles. The minimum atomic E-state index is 0.481. The topological polar surface area (TPSA) is 3.24 Å². The molecule has 2 heteroatoms. The first-order valence-corrected chi connectivity index (χ1v) is 3.91. The third-order valence-corrected chi connectivity index (χ3v) is 2.16. The van der Waals surface area contributed by atoms with Gasteiger partial charge in [-0.3, -0.25) is 0 Å². The van der Waals surface area contributed by atoms with Crippen molar-refractivity contribution in [2.45, 2.75) is 18.2 Å². The summed E-state index contributed by atoms with van der Waals surface area (Å²) in [5.41, 5.74) is 0. The molecule has 0 heterocycles. The van der Waals surface area contributed by atoms with E-state index in [-0.39, 0.29) is 0 Å². The van der Waals surface area contributed by atoms with Crippen LogP contribution in [-0.4, -0.2) is 30.9 Å². The molecule has 0 N–H and O–H groups in total. The summed E-state index contributed by atoms with van der Waals surface area (Å²) in [7, 11) is 4.23. The van der Waals surface area contributed by atoms with Crippen molar-refractivity contribution in [2.75, 3.05) is 20.6 Å². The number of hydrogen-bond donors (Lipinski definition) is 0. The summed E-state index contributed by atoms with van der Waals surface area (Å²) < 4.78 is 0. The van der Waals surface area contributed by atoms with Gasteiger partial charge >= 0.3 is 0 Å². The molecule has 0 unspecified atom stereocenters. The lowest BCUT2D eigenvalue weighted by molar-refractivity contribution is 0.235. The summed E-state index contributed by atoms with van der Waals surface area (Å²) in [6, 6.07) is 0. The highest BCUT2D eigenvalue weighted by Crippen LogP contribution is 2.31. The molecule has 54 valence electrons. The summed E-state index contributed by atoms with van der Waals surface area (Å²) in [6.45, 7) is 1.21. The van der Waals surface area contributed by atoms with Gasteiger partial charge in [0.05, 0.1) is 0 Å². The molecule has 0 saturated heterocycles. The van der Waals surface area contributed by atoms with Gasteiger partial charge in [0.1, 0.15) is 0 Å². The summed E-state index contributed by atoms with van der Waals surface area (Å²) in [6.07, 6.45) is 2.44. The Hall–Kier alpha value is 0.250. The van der Waals surface area contributed by atoms with Crippen LogP contribution in [0.1, 0.15) is 12.8 Å². The first kappa shape index (κ1) is 7.36. The summed E-state index contributed by atoms with van der Waals surface area (Å²) in [4.78, 5) is 2.23. The van der Waals surface area contributed by atoms with Crippen molar-refractivity contribution in [3.05, 3.63) is 0 Å². The molecular weight excluding hydrogens is 134 g/mol. The van der Waals surface area contributed by atoms with Gasteiger partial charge in [0.2, 0.25) is 0 Å². The van der Waals surface area contributed by atoms with E-state index in [1.54, 1.807) is 0 Å². The van der Waals surface area contributed by atoms with Crippen LogP contribution in [0.4, 0.5) is 0 Å². The highest BCUT2D eigenvalue weighted by atomic mass is 35.5. The van der Waals surface area contributed by atoms with Crippen molar-refractivity contribution < 1.29 is 0 Å². The number of nitrogens with zero attached hydrogens (tertiary/aromatic N) is 1. The van der Waals surface area contributed by atoms with Gasteiger partial charge in [0.25, 0.3) is 0 Å². The van der Waals surface area contributed by atoms with Crippen LogP contribution in [0.5, 0.6) is 0 Å². The Kier molecular flexibility index (Phi) is 2.36. The SMILES string of the molecule is CN(C)CC1CC(Cl)C1. The molecule has 0 radical (unpaired) electrons. The average Bonchev–Trinajstić information content (AvgIpc) is 1.60. The fourth-order valence-corrected chi connectivity index (χ4v) is 1.82. The van der Waals surface area contributed by atoms with Crippen molar-refractivity contribution in [3.8, 4) is 0 Å². The smallest absolute Gasteiger partial charge is 0.0342 e. The molecule has 0 amide bonds. The second-order valence-electron chi connectivity index (χ2n) is 3.20. The highest BCUT2D eigenvalue weighted by Gasteiger charge is 2.26. The average molecular weight is 148 g/mol. The van der Waals surface area contributed by atoms with Crippen molar-refractivity contribution in [2.24, 2.45) is 5.92 Å². The van der Waals surface area contributed by atoms with Gasteiger partial charge in [-0.15, -0.1) is 11.6 Å². The van der Waals surface area contributed by atoms with Gasteiger partial charge in [-0.05, 0) is 32.9 Å². The number of hydrogen-bond acceptors (Lipinski definition) is 1. The molecule has 0 aromatic rings. The minimum Gasteiger partial charge on any atom is -0.309 e. The first-order chi connectivity index (χ1) is 4.18. The molecule has 1 rings (SSSR count). The maximum atomic E-state index is 5.81. The van der Waals surface area contributed by atoms with Gasteiger partial charge < -0.3 is 4.90 Å². The third-order valence-electron chi connectivity index (χ3n) is 1.80. The molecule has 1 aliphatic rings. The second kappa shape index (κ2) is 2.89. The maximum Gasteiger partial charge on any atom is 0.0342 e. The van der Waals surface area contributed by atoms with Crippen LogP contribution in [0, 0.1) is 5.92 Å². The predicted molar refractivity (Wildman–Crippen MR) is 40.9 cm³/mol. The van der Waals surface area contributed by atoms with Crippen molar-refractivity contribution in [3.63, 3.8) is 0 Å². The number of alkyl halides is 1. The Morgan fingerprint density at radius 1 is 1.44 bits per heavy atom. The molecular formula is C7H14ClN. The fourth-order valence-electron chi connectivity index (χ4n) is 1.32. The van der Waals surface area contributed by atoms with Crippen LogP contribution in [0.15, 0.2) is 0 Å². The fraction of sp³-hybridized carbons (Fsp3) is 1.00. The van der Waals surface area contributed by atoms with Crippen molar-refractivity contribution >= 4 is 11.6 Å². The molecule has 1 saturated carbocycles. The molecule has 9 heavy (non-hydrogen) atoms. The summed E-state index contributed by atoms with van der Waals surface area (Å²) in [5.74, 6) is 0.877. The molecule has 0 bridgehead atoms. The number of rotatable bonds is 2. The van der Waals surface area contributed by atoms with Gasteiger partial charge in [-0.2, -0.15) is 0 Å². The van der Waals surface area contributed by atoms with Gasteiger partial charge in [-0.25, -0.2) is 0 Å². The zero-order valence-electron chi connectivity index (χ0n) is 6.10. The van der Waals surface area contributed by atoms with Gasteiger partial charge in [0, 0.05) is 11.9 Å². The zero-order valence-corrected chi connectivity index (χ0v) is 6.86. The summed E-state index contributed by atoms with van der Waals surface area (Å²) >= 11 is 5.81. The molecule has 1 nitrogen and oxygen atoms in total. The Bertz CT molecular complexity index is 86.9. The minimum absolute atomic E-state index is 0.481. The molecule has 0 aromatic heterocycles. The Morgan fingerprint density at radius 3 is 2.33 bits per heavy atom. The predicted octanol–water partition coefficient (Wildman–Crippen LogP) is 1.57. The van der Waals surface area contributed by atoms with E-state index in [1.807, 2.05) is 0 Å². The molecule has 1 fully saturated rings. The van der Waals surface area contributed by atoms with E-state index in [1.165, 1.54) is 19.4 Å². The van der Waals surface area contributed by atoms with Crippen LogP contribution in [0.25, 0.3) is 0 Å². The Morgan fingerprint density at radius 2 is 2.00 bits per heavy atom. The normalized spacial score (nSPS) is 34.7. The van der Waals surface area contributed by atoms with Gasteiger partial charge in [0.15, 0.2) is 0 Å². The Balaban J connectivity index is 2.04. The lowest BCUT2D eigenvalue weighted by atomic mass is 9.84. The maximum absolute atomic E-state index is 5.81. The standard InChI is InChI=1S/C7H14ClN/c1-9(2)5-6-3-7(8)4-6/h6-7H,3-5H2,1-2H3. The second-order valence-corrected chi connectivity index (χ2v) is 3.81. The molecule has 0 aromatic carbocycles. The van der Waals surface area contributed by atoms with Crippen LogP contribution < -0.4 is 0 Å². The molecule has 0 aliphatic heterocycles. The van der Waals surface area contributed by atoms with E-state index >= 15 is 0 Å². The lowest BCUT2D eigenvalue weighted by Gasteiger charge is -2.32. The monoisotopic (exact) mass is 147 g/mol. The van der Waals surface area contributed by atoms with E-state index in [0.717, 1.165) is 5.92 Å². The lowest BCUT2D eigenvalue weighted by Crippen LogP contribution is -2.32. The van der Waals surface area contributed by atoms with E-state index in [2.05, 4.69) is 19.0 Å². The number of halogens is 1. The largest absolute Gasteiger partial charge is 0.309 e. The summed E-state index contributed by atoms with van der Waals surface area (Å²) in [5, 5.41) is 0.481.